The van der Waals surface area contributed by atoms with Crippen molar-refractivity contribution in [3.8, 4) is 6.07 Å². The Morgan fingerprint density at radius 3 is 3.18 bits per heavy atom. The Kier molecular flexibility index (Phi) is 2.61. The predicted octanol–water partition coefficient (Wildman–Crippen LogP) is -0.0728. The van der Waals surface area contributed by atoms with Crippen LogP contribution in [0.2, 0.25) is 0 Å². The SMILES string of the molecule is C=[N+]1CCN(C)[C@@H](CC#N)C1. The molecule has 0 aromatic rings. The molecule has 0 amide bonds. The third kappa shape index (κ3) is 2.02. The first-order valence-electron chi connectivity index (χ1n) is 3.86. The van der Waals surface area contributed by atoms with Crippen LogP contribution in [0.1, 0.15) is 6.42 Å². The monoisotopic (exact) mass is 152 g/mol. The van der Waals surface area contributed by atoms with Gasteiger partial charge in [0.2, 0.25) is 0 Å². The number of likely N-dealkylation sites (N-methyl/N-ethyl adjacent to an activating group) is 1. The van der Waals surface area contributed by atoms with Crippen molar-refractivity contribution in [1.29, 1.82) is 5.26 Å². The van der Waals surface area contributed by atoms with E-state index in [1.807, 2.05) is 4.58 Å². The smallest absolute Gasteiger partial charge is 0.158 e. The molecule has 1 rings (SSSR count). The van der Waals surface area contributed by atoms with Gasteiger partial charge >= 0.3 is 0 Å². The summed E-state index contributed by atoms with van der Waals surface area (Å²) in [5.74, 6) is 0. The van der Waals surface area contributed by atoms with E-state index in [2.05, 4.69) is 24.7 Å². The van der Waals surface area contributed by atoms with Crippen LogP contribution in [0.3, 0.4) is 0 Å². The summed E-state index contributed by atoms with van der Waals surface area (Å²) in [5.41, 5.74) is 0. The number of nitrogens with zero attached hydrogens (tertiary/aromatic N) is 3. The molecule has 0 bridgehead atoms. The van der Waals surface area contributed by atoms with Crippen LogP contribution in [0.4, 0.5) is 0 Å². The Morgan fingerprint density at radius 2 is 2.55 bits per heavy atom. The highest BCUT2D eigenvalue weighted by Gasteiger charge is 2.24. The van der Waals surface area contributed by atoms with E-state index >= 15 is 0 Å². The van der Waals surface area contributed by atoms with Gasteiger partial charge < -0.3 is 0 Å². The van der Waals surface area contributed by atoms with Gasteiger partial charge in [0.1, 0.15) is 6.72 Å². The summed E-state index contributed by atoms with van der Waals surface area (Å²) >= 11 is 0. The minimum absolute atomic E-state index is 0.381. The van der Waals surface area contributed by atoms with Gasteiger partial charge in [-0.3, -0.25) is 4.90 Å². The van der Waals surface area contributed by atoms with E-state index in [0.29, 0.717) is 12.5 Å². The fourth-order valence-corrected chi connectivity index (χ4v) is 1.34. The molecule has 0 aromatic carbocycles. The van der Waals surface area contributed by atoms with Crippen LogP contribution >= 0.6 is 0 Å². The summed E-state index contributed by atoms with van der Waals surface area (Å²) in [4.78, 5) is 2.23. The molecular weight excluding hydrogens is 138 g/mol. The predicted molar refractivity (Wildman–Crippen MR) is 43.8 cm³/mol. The van der Waals surface area contributed by atoms with Gasteiger partial charge in [0.25, 0.3) is 0 Å². The van der Waals surface area contributed by atoms with Crippen LogP contribution < -0.4 is 0 Å². The maximum atomic E-state index is 8.51. The molecule has 60 valence electrons. The molecule has 0 saturated carbocycles. The topological polar surface area (TPSA) is 30.0 Å². The molecule has 3 nitrogen and oxygen atoms in total. The molecule has 1 fully saturated rings. The van der Waals surface area contributed by atoms with Crippen LogP contribution in [0.5, 0.6) is 0 Å². The Labute approximate surface area is 67.5 Å². The van der Waals surface area contributed by atoms with Crippen LogP contribution in [-0.2, 0) is 0 Å². The third-order valence-electron chi connectivity index (χ3n) is 2.19. The molecule has 11 heavy (non-hydrogen) atoms. The van der Waals surface area contributed by atoms with Gasteiger partial charge in [-0.05, 0) is 7.05 Å². The van der Waals surface area contributed by atoms with E-state index < -0.39 is 0 Å². The van der Waals surface area contributed by atoms with Crippen LogP contribution in [-0.4, -0.2) is 48.9 Å². The second-order valence-corrected chi connectivity index (χ2v) is 3.07. The summed E-state index contributed by atoms with van der Waals surface area (Å²) in [6, 6.07) is 2.57. The number of piperazine rings is 1. The average Bonchev–Trinajstić information content (AvgIpc) is 1.98. The van der Waals surface area contributed by atoms with Crippen molar-refractivity contribution in [2.75, 3.05) is 26.7 Å². The van der Waals surface area contributed by atoms with Crippen molar-refractivity contribution in [1.82, 2.24) is 4.90 Å². The normalized spacial score (nSPS) is 26.5. The van der Waals surface area contributed by atoms with E-state index in [1.54, 1.807) is 0 Å². The molecule has 1 atom stereocenters. The van der Waals surface area contributed by atoms with E-state index in [1.165, 1.54) is 0 Å². The summed E-state index contributed by atoms with van der Waals surface area (Å²) in [7, 11) is 2.06. The minimum Gasteiger partial charge on any atom is -0.291 e. The first kappa shape index (κ1) is 8.22. The second kappa shape index (κ2) is 3.49. The lowest BCUT2D eigenvalue weighted by Gasteiger charge is -2.28. The first-order chi connectivity index (χ1) is 5.24. The van der Waals surface area contributed by atoms with Gasteiger partial charge in [-0.25, -0.2) is 4.58 Å². The van der Waals surface area contributed by atoms with E-state index in [0.717, 1.165) is 19.6 Å². The van der Waals surface area contributed by atoms with Gasteiger partial charge in [0.05, 0.1) is 25.1 Å². The number of nitriles is 1. The molecule has 3 heteroatoms. The standard InChI is InChI=1S/C8H14N3/c1-10-5-6-11(2)8(7-10)3-4-9/h8H,1,3,5-7H2,2H3/q+1/t8-/m0/s1. The maximum Gasteiger partial charge on any atom is 0.158 e. The van der Waals surface area contributed by atoms with Crippen molar-refractivity contribution >= 4 is 6.72 Å². The van der Waals surface area contributed by atoms with Crippen molar-refractivity contribution in [2.45, 2.75) is 12.5 Å². The molecular formula is C8H14N3+. The molecule has 0 spiro atoms. The second-order valence-electron chi connectivity index (χ2n) is 3.07. The zero-order chi connectivity index (χ0) is 8.27. The zero-order valence-corrected chi connectivity index (χ0v) is 6.95. The Morgan fingerprint density at radius 1 is 1.82 bits per heavy atom. The molecule has 0 aliphatic carbocycles. The Balaban J connectivity index is 2.48. The Bertz CT molecular complexity index is 192. The maximum absolute atomic E-state index is 8.51. The number of hydrogen-bond donors (Lipinski definition) is 0. The highest BCUT2D eigenvalue weighted by molar-refractivity contribution is 5.14. The number of hydrogen-bond acceptors (Lipinski definition) is 2. The molecule has 0 radical (unpaired) electrons. The molecule has 1 aliphatic heterocycles. The lowest BCUT2D eigenvalue weighted by molar-refractivity contribution is -0.538. The highest BCUT2D eigenvalue weighted by Crippen LogP contribution is 2.05. The van der Waals surface area contributed by atoms with Crippen molar-refractivity contribution in [3.05, 3.63) is 0 Å². The zero-order valence-electron chi connectivity index (χ0n) is 6.95. The van der Waals surface area contributed by atoms with Crippen molar-refractivity contribution in [2.24, 2.45) is 0 Å². The van der Waals surface area contributed by atoms with Crippen LogP contribution in [0.15, 0.2) is 0 Å². The molecule has 1 aliphatic rings. The van der Waals surface area contributed by atoms with E-state index in [-0.39, 0.29) is 0 Å². The summed E-state index contributed by atoms with van der Waals surface area (Å²) < 4.78 is 2.03. The van der Waals surface area contributed by atoms with Gasteiger partial charge in [-0.15, -0.1) is 0 Å². The van der Waals surface area contributed by atoms with E-state index in [4.69, 9.17) is 5.26 Å². The van der Waals surface area contributed by atoms with Gasteiger partial charge in [0, 0.05) is 0 Å². The first-order valence-corrected chi connectivity index (χ1v) is 3.86. The minimum atomic E-state index is 0.381. The quantitative estimate of drug-likeness (QED) is 0.492. The Hall–Kier alpha value is -0.880. The van der Waals surface area contributed by atoms with Gasteiger partial charge in [-0.2, -0.15) is 5.26 Å². The largest absolute Gasteiger partial charge is 0.291 e. The fourth-order valence-electron chi connectivity index (χ4n) is 1.34. The fraction of sp³-hybridized carbons (Fsp3) is 0.750. The third-order valence-corrected chi connectivity index (χ3v) is 2.19. The lowest BCUT2D eigenvalue weighted by atomic mass is 10.1. The highest BCUT2D eigenvalue weighted by atomic mass is 15.2. The number of rotatable bonds is 1. The van der Waals surface area contributed by atoms with Crippen molar-refractivity contribution in [3.63, 3.8) is 0 Å². The average molecular weight is 152 g/mol. The molecule has 0 unspecified atom stereocenters. The molecule has 1 heterocycles. The van der Waals surface area contributed by atoms with Crippen molar-refractivity contribution < 1.29 is 4.58 Å². The van der Waals surface area contributed by atoms with Crippen LogP contribution in [0, 0.1) is 11.3 Å². The molecule has 0 N–H and O–H groups in total. The summed E-state index contributed by atoms with van der Waals surface area (Å²) in [5, 5.41) is 8.51. The van der Waals surface area contributed by atoms with Crippen LogP contribution in [0.25, 0.3) is 0 Å². The molecule has 1 saturated heterocycles. The van der Waals surface area contributed by atoms with Gasteiger partial charge in [0.15, 0.2) is 13.1 Å². The van der Waals surface area contributed by atoms with E-state index in [9.17, 15) is 0 Å². The summed E-state index contributed by atoms with van der Waals surface area (Å²) in [6.07, 6.45) is 0.614. The van der Waals surface area contributed by atoms with Gasteiger partial charge in [-0.1, -0.05) is 0 Å². The molecule has 0 aromatic heterocycles. The summed E-state index contributed by atoms with van der Waals surface area (Å²) in [6.45, 7) is 6.82. The lowest BCUT2D eigenvalue weighted by Crippen LogP contribution is -2.47.